The molecule has 0 radical (unpaired) electrons. The van der Waals surface area contributed by atoms with Crippen LogP contribution in [0.5, 0.6) is 0 Å². The van der Waals surface area contributed by atoms with E-state index in [9.17, 15) is 24.3 Å². The fraction of sp³-hybridized carbons (Fsp3) is 0.143. The van der Waals surface area contributed by atoms with E-state index in [1.807, 2.05) is 36.4 Å². The van der Waals surface area contributed by atoms with E-state index in [-0.39, 0.29) is 30.8 Å². The number of carboxylic acids is 2. The van der Waals surface area contributed by atoms with Gasteiger partial charge in [0.05, 0.1) is 18.8 Å². The summed E-state index contributed by atoms with van der Waals surface area (Å²) >= 11 is 6.08. The van der Waals surface area contributed by atoms with E-state index in [1.54, 1.807) is 42.5 Å². The Kier molecular flexibility index (Phi) is 12.4. The number of rotatable bonds is 11. The number of aliphatic hydroxyl groups is 1. The molecule has 1 unspecified atom stereocenters. The van der Waals surface area contributed by atoms with Crippen molar-refractivity contribution in [3.8, 4) is 0 Å². The van der Waals surface area contributed by atoms with Crippen molar-refractivity contribution in [2.45, 2.75) is 5.92 Å². The predicted molar refractivity (Wildman–Crippen MR) is 144 cm³/mol. The van der Waals surface area contributed by atoms with Gasteiger partial charge in [-0.25, -0.2) is 9.59 Å². The van der Waals surface area contributed by atoms with E-state index in [0.717, 1.165) is 5.56 Å². The smallest absolute Gasteiger partial charge is 0.328 e. The van der Waals surface area contributed by atoms with Gasteiger partial charge in [0.1, 0.15) is 0 Å². The number of amides is 1. The Labute approximate surface area is 224 Å². The molecule has 198 valence electrons. The van der Waals surface area contributed by atoms with Gasteiger partial charge in [-0.15, -0.1) is 0 Å². The number of carbonyl (C=O) groups excluding carboxylic acids is 2. The third kappa shape index (κ3) is 10.4. The SMILES string of the molecule is O=C(CNCC(CO)c1ccccc1)Nc1ccc(Cl)cc1C(=O)c1ccccc1.O=C(O)C=CC(=O)O. The van der Waals surface area contributed by atoms with E-state index in [2.05, 4.69) is 10.6 Å². The first-order valence-electron chi connectivity index (χ1n) is 11.4. The molecule has 38 heavy (non-hydrogen) atoms. The summed E-state index contributed by atoms with van der Waals surface area (Å²) in [6.07, 6.45) is 1.12. The van der Waals surface area contributed by atoms with Crippen LogP contribution in [-0.4, -0.2) is 58.6 Å². The molecule has 0 aliphatic carbocycles. The maximum Gasteiger partial charge on any atom is 0.328 e. The van der Waals surface area contributed by atoms with Gasteiger partial charge >= 0.3 is 11.9 Å². The molecule has 0 saturated carbocycles. The first kappa shape index (κ1) is 29.9. The minimum absolute atomic E-state index is 0.0223. The molecule has 1 atom stereocenters. The summed E-state index contributed by atoms with van der Waals surface area (Å²) in [6.45, 7) is 0.473. The molecule has 10 heteroatoms. The summed E-state index contributed by atoms with van der Waals surface area (Å²) in [5.41, 5.74) is 2.25. The Bertz CT molecular complexity index is 1250. The molecule has 9 nitrogen and oxygen atoms in total. The Morgan fingerprint density at radius 3 is 1.97 bits per heavy atom. The van der Waals surface area contributed by atoms with Gasteiger partial charge in [0.2, 0.25) is 5.91 Å². The molecule has 0 aliphatic rings. The highest BCUT2D eigenvalue weighted by atomic mass is 35.5. The molecule has 3 rings (SSSR count). The maximum atomic E-state index is 12.8. The van der Waals surface area contributed by atoms with Crippen LogP contribution in [0.2, 0.25) is 5.02 Å². The highest BCUT2D eigenvalue weighted by Gasteiger charge is 2.16. The van der Waals surface area contributed by atoms with E-state index in [1.165, 1.54) is 0 Å². The lowest BCUT2D eigenvalue weighted by molar-refractivity contribution is -0.134. The minimum Gasteiger partial charge on any atom is -0.478 e. The monoisotopic (exact) mass is 538 g/mol. The number of nitrogens with one attached hydrogen (secondary N) is 2. The zero-order valence-corrected chi connectivity index (χ0v) is 21.0. The van der Waals surface area contributed by atoms with Gasteiger partial charge in [-0.3, -0.25) is 9.59 Å². The lowest BCUT2D eigenvalue weighted by Crippen LogP contribution is -2.32. The second-order valence-corrected chi connectivity index (χ2v) is 8.30. The van der Waals surface area contributed by atoms with Crippen molar-refractivity contribution < 1.29 is 34.5 Å². The van der Waals surface area contributed by atoms with Crippen LogP contribution >= 0.6 is 11.6 Å². The fourth-order valence-electron chi connectivity index (χ4n) is 3.27. The molecule has 0 saturated heterocycles. The zero-order valence-electron chi connectivity index (χ0n) is 20.2. The number of hydrogen-bond acceptors (Lipinski definition) is 6. The van der Waals surface area contributed by atoms with Gasteiger partial charge in [0, 0.05) is 40.8 Å². The van der Waals surface area contributed by atoms with Crippen LogP contribution in [0.3, 0.4) is 0 Å². The van der Waals surface area contributed by atoms with Crippen LogP contribution < -0.4 is 10.6 Å². The summed E-state index contributed by atoms with van der Waals surface area (Å²) < 4.78 is 0. The topological polar surface area (TPSA) is 153 Å². The normalized spacial score (nSPS) is 11.2. The first-order chi connectivity index (χ1) is 18.2. The standard InChI is InChI=1S/C24H23ClN2O3.C4H4O4/c25-20-11-12-22(21(13-20)24(30)18-9-5-2-6-10-18)27-23(29)15-26-14-19(16-28)17-7-3-1-4-8-17;5-3(6)1-2-4(7)8/h1-13,19,26,28H,14-16H2,(H,27,29);1-2H,(H,5,6)(H,7,8). The number of halogens is 1. The van der Waals surface area contributed by atoms with Crippen LogP contribution in [0.1, 0.15) is 27.4 Å². The van der Waals surface area contributed by atoms with Crippen molar-refractivity contribution in [2.24, 2.45) is 0 Å². The second kappa shape index (κ2) is 15.7. The average molecular weight is 539 g/mol. The van der Waals surface area contributed by atoms with Crippen molar-refractivity contribution in [1.29, 1.82) is 0 Å². The highest BCUT2D eigenvalue weighted by Crippen LogP contribution is 2.23. The Morgan fingerprint density at radius 2 is 1.42 bits per heavy atom. The molecule has 3 aromatic carbocycles. The fourth-order valence-corrected chi connectivity index (χ4v) is 3.44. The van der Waals surface area contributed by atoms with Gasteiger partial charge in [-0.05, 0) is 23.8 Å². The lowest BCUT2D eigenvalue weighted by Gasteiger charge is -2.16. The van der Waals surface area contributed by atoms with Crippen LogP contribution in [0, 0.1) is 0 Å². The van der Waals surface area contributed by atoms with Crippen molar-refractivity contribution in [3.05, 3.63) is 113 Å². The third-order valence-electron chi connectivity index (χ3n) is 5.07. The molecule has 0 aliphatic heterocycles. The zero-order chi connectivity index (χ0) is 27.9. The van der Waals surface area contributed by atoms with E-state index >= 15 is 0 Å². The third-order valence-corrected chi connectivity index (χ3v) is 5.31. The minimum atomic E-state index is -1.26. The van der Waals surface area contributed by atoms with Crippen LogP contribution in [0.15, 0.2) is 91.0 Å². The van der Waals surface area contributed by atoms with Crippen molar-refractivity contribution in [3.63, 3.8) is 0 Å². The summed E-state index contributed by atoms with van der Waals surface area (Å²) in [6, 6.07) is 23.3. The number of aliphatic hydroxyl groups excluding tert-OH is 1. The highest BCUT2D eigenvalue weighted by molar-refractivity contribution is 6.31. The summed E-state index contributed by atoms with van der Waals surface area (Å²) in [4.78, 5) is 44.4. The molecule has 0 fully saturated rings. The number of anilines is 1. The van der Waals surface area contributed by atoms with Crippen molar-refractivity contribution in [2.75, 3.05) is 25.0 Å². The molecular formula is C28H27ClN2O7. The van der Waals surface area contributed by atoms with Gasteiger partial charge in [-0.2, -0.15) is 0 Å². The quantitative estimate of drug-likeness (QED) is 0.183. The van der Waals surface area contributed by atoms with E-state index in [4.69, 9.17) is 21.8 Å². The van der Waals surface area contributed by atoms with Crippen LogP contribution in [-0.2, 0) is 14.4 Å². The van der Waals surface area contributed by atoms with E-state index < -0.39 is 11.9 Å². The largest absolute Gasteiger partial charge is 0.478 e. The molecule has 1 amide bonds. The van der Waals surface area contributed by atoms with Gasteiger partial charge in [-0.1, -0.05) is 72.3 Å². The molecule has 0 heterocycles. The van der Waals surface area contributed by atoms with Crippen molar-refractivity contribution >= 4 is 40.9 Å². The Morgan fingerprint density at radius 1 is 0.842 bits per heavy atom. The van der Waals surface area contributed by atoms with Crippen LogP contribution in [0.25, 0.3) is 0 Å². The number of carbonyl (C=O) groups is 4. The predicted octanol–water partition coefficient (Wildman–Crippen LogP) is 3.59. The first-order valence-corrected chi connectivity index (χ1v) is 11.8. The number of ketones is 1. The maximum absolute atomic E-state index is 12.8. The number of hydrogen-bond donors (Lipinski definition) is 5. The van der Waals surface area contributed by atoms with Crippen LogP contribution in [0.4, 0.5) is 5.69 Å². The molecular weight excluding hydrogens is 512 g/mol. The average Bonchev–Trinajstić information content (AvgIpc) is 2.92. The Hall–Kier alpha value is -4.31. The summed E-state index contributed by atoms with van der Waals surface area (Å²) in [5, 5.41) is 31.5. The molecule has 0 bridgehead atoms. The molecule has 5 N–H and O–H groups in total. The van der Waals surface area contributed by atoms with E-state index in [0.29, 0.717) is 40.5 Å². The van der Waals surface area contributed by atoms with Gasteiger partial charge < -0.3 is 26.0 Å². The molecule has 0 aromatic heterocycles. The number of benzene rings is 3. The Balaban J connectivity index is 0.000000550. The second-order valence-electron chi connectivity index (χ2n) is 7.86. The molecule has 0 spiro atoms. The summed E-state index contributed by atoms with van der Waals surface area (Å²) in [5.74, 6) is -3.13. The van der Waals surface area contributed by atoms with Crippen molar-refractivity contribution in [1.82, 2.24) is 5.32 Å². The van der Waals surface area contributed by atoms with Gasteiger partial charge in [0.25, 0.3) is 0 Å². The molecule has 3 aromatic rings. The van der Waals surface area contributed by atoms with Gasteiger partial charge in [0.15, 0.2) is 5.78 Å². The number of aliphatic carboxylic acids is 2. The summed E-state index contributed by atoms with van der Waals surface area (Å²) in [7, 11) is 0. The number of carboxylic acid groups (broad SMARTS) is 2. The lowest BCUT2D eigenvalue weighted by atomic mass is 10.0.